The largest absolute Gasteiger partial charge is 0.352 e. The average Bonchev–Trinajstić information content (AvgIpc) is 3.17. The minimum atomic E-state index is 0.0615. The van der Waals surface area contributed by atoms with Crippen LogP contribution in [0.25, 0.3) is 0 Å². The molecule has 2 amide bonds. The lowest BCUT2D eigenvalue weighted by atomic mass is 10.2. The Kier molecular flexibility index (Phi) is 5.85. The quantitative estimate of drug-likeness (QED) is 0.877. The van der Waals surface area contributed by atoms with Gasteiger partial charge in [-0.3, -0.25) is 9.88 Å². The van der Waals surface area contributed by atoms with Crippen LogP contribution in [0.1, 0.15) is 26.2 Å². The highest BCUT2D eigenvalue weighted by atomic mass is 16.2. The molecule has 7 heteroatoms. The van der Waals surface area contributed by atoms with Gasteiger partial charge in [0.1, 0.15) is 5.82 Å². The molecular weight excluding hydrogens is 304 g/mol. The molecule has 1 N–H and O–H groups in total. The summed E-state index contributed by atoms with van der Waals surface area (Å²) in [7, 11) is 0. The second-order valence-corrected chi connectivity index (χ2v) is 6.53. The van der Waals surface area contributed by atoms with Gasteiger partial charge in [-0.15, -0.1) is 0 Å². The van der Waals surface area contributed by atoms with Gasteiger partial charge in [-0.25, -0.2) is 9.78 Å². The molecule has 0 spiro atoms. The van der Waals surface area contributed by atoms with Crippen molar-refractivity contribution in [2.24, 2.45) is 0 Å². The second-order valence-electron chi connectivity index (χ2n) is 6.53. The van der Waals surface area contributed by atoms with Gasteiger partial charge in [-0.1, -0.05) is 6.92 Å². The number of hydrogen-bond donors (Lipinski definition) is 1. The zero-order valence-corrected chi connectivity index (χ0v) is 14.5. The van der Waals surface area contributed by atoms with Crippen LogP contribution in [0.2, 0.25) is 0 Å². The summed E-state index contributed by atoms with van der Waals surface area (Å²) in [5.74, 6) is 0.887. The number of rotatable bonds is 5. The van der Waals surface area contributed by atoms with Crippen LogP contribution < -0.4 is 10.2 Å². The van der Waals surface area contributed by atoms with Crippen LogP contribution in [0.5, 0.6) is 0 Å². The lowest BCUT2D eigenvalue weighted by Gasteiger charge is -2.35. The molecule has 3 rings (SSSR count). The lowest BCUT2D eigenvalue weighted by Crippen LogP contribution is -2.53. The zero-order valence-electron chi connectivity index (χ0n) is 14.5. The van der Waals surface area contributed by atoms with Gasteiger partial charge in [0.05, 0.1) is 6.20 Å². The number of anilines is 1. The standard InChI is InChI=1S/C17H28N6O/c1-2-15(21-7-3-4-8-21)13-20-17(24)23-11-9-22(10-12-23)16-14-18-5-6-19-16/h5-6,14-15H,2-4,7-13H2,1H3,(H,20,24)/t15-/m1/s1. The van der Waals surface area contributed by atoms with E-state index in [1.165, 1.54) is 25.9 Å². The number of aromatic nitrogens is 2. The number of nitrogens with zero attached hydrogens (tertiary/aromatic N) is 5. The summed E-state index contributed by atoms with van der Waals surface area (Å²) in [5, 5.41) is 3.13. The molecule has 2 saturated heterocycles. The molecular formula is C17H28N6O. The normalized spacial score (nSPS) is 20.2. The molecule has 24 heavy (non-hydrogen) atoms. The van der Waals surface area contributed by atoms with Gasteiger partial charge in [0.15, 0.2) is 0 Å². The molecule has 0 unspecified atom stereocenters. The molecule has 0 radical (unpaired) electrons. The third kappa shape index (κ3) is 4.14. The molecule has 2 fully saturated rings. The van der Waals surface area contributed by atoms with Crippen molar-refractivity contribution < 1.29 is 4.79 Å². The van der Waals surface area contributed by atoms with Gasteiger partial charge in [-0.2, -0.15) is 0 Å². The van der Waals surface area contributed by atoms with Crippen LogP contribution in [0, 0.1) is 0 Å². The summed E-state index contributed by atoms with van der Waals surface area (Å²) >= 11 is 0. The van der Waals surface area contributed by atoms with E-state index in [2.05, 4.69) is 32.0 Å². The summed E-state index contributed by atoms with van der Waals surface area (Å²) in [6.07, 6.45) is 8.82. The molecule has 0 aromatic carbocycles. The van der Waals surface area contributed by atoms with Crippen molar-refractivity contribution in [2.45, 2.75) is 32.2 Å². The Hall–Kier alpha value is -1.89. The van der Waals surface area contributed by atoms with Gasteiger partial charge in [0.2, 0.25) is 0 Å². The third-order valence-corrected chi connectivity index (χ3v) is 5.06. The van der Waals surface area contributed by atoms with Crippen LogP contribution in [-0.4, -0.2) is 77.7 Å². The number of carbonyl (C=O) groups excluding carboxylic acids is 1. The molecule has 0 bridgehead atoms. The van der Waals surface area contributed by atoms with Crippen molar-refractivity contribution in [1.29, 1.82) is 0 Å². The first-order valence-electron chi connectivity index (χ1n) is 9.05. The van der Waals surface area contributed by atoms with Gasteiger partial charge in [0, 0.05) is 51.2 Å². The van der Waals surface area contributed by atoms with E-state index < -0.39 is 0 Å². The number of urea groups is 1. The maximum absolute atomic E-state index is 12.4. The van der Waals surface area contributed by atoms with E-state index in [4.69, 9.17) is 0 Å². The van der Waals surface area contributed by atoms with E-state index in [-0.39, 0.29) is 6.03 Å². The first-order valence-corrected chi connectivity index (χ1v) is 9.05. The SMILES string of the molecule is CC[C@H](CNC(=O)N1CCN(c2cnccn2)CC1)N1CCCC1. The number of likely N-dealkylation sites (tertiary alicyclic amines) is 1. The van der Waals surface area contributed by atoms with Crippen molar-refractivity contribution in [2.75, 3.05) is 50.7 Å². The Morgan fingerprint density at radius 1 is 1.17 bits per heavy atom. The van der Waals surface area contributed by atoms with Crippen molar-refractivity contribution in [3.8, 4) is 0 Å². The smallest absolute Gasteiger partial charge is 0.317 e. The van der Waals surface area contributed by atoms with Crippen molar-refractivity contribution in [3.05, 3.63) is 18.6 Å². The van der Waals surface area contributed by atoms with E-state index in [1.807, 2.05) is 4.90 Å². The van der Waals surface area contributed by atoms with Crippen molar-refractivity contribution in [1.82, 2.24) is 25.1 Å². The predicted octanol–water partition coefficient (Wildman–Crippen LogP) is 1.18. The highest BCUT2D eigenvalue weighted by Gasteiger charge is 2.24. The Bertz CT molecular complexity index is 511. The van der Waals surface area contributed by atoms with E-state index in [1.54, 1.807) is 18.6 Å². The molecule has 1 atom stereocenters. The fourth-order valence-electron chi connectivity index (χ4n) is 3.55. The second kappa shape index (κ2) is 8.28. The molecule has 0 saturated carbocycles. The van der Waals surface area contributed by atoms with Crippen LogP contribution in [0.15, 0.2) is 18.6 Å². The molecule has 2 aliphatic rings. The van der Waals surface area contributed by atoms with E-state index in [9.17, 15) is 4.79 Å². The van der Waals surface area contributed by atoms with Crippen LogP contribution in [-0.2, 0) is 0 Å². The average molecular weight is 332 g/mol. The van der Waals surface area contributed by atoms with Gasteiger partial charge in [-0.05, 0) is 32.4 Å². The first kappa shape index (κ1) is 17.0. The van der Waals surface area contributed by atoms with E-state index in [0.29, 0.717) is 6.04 Å². The Morgan fingerprint density at radius 2 is 1.92 bits per heavy atom. The Balaban J connectivity index is 1.43. The predicted molar refractivity (Wildman–Crippen MR) is 94.1 cm³/mol. The van der Waals surface area contributed by atoms with Crippen LogP contribution >= 0.6 is 0 Å². The van der Waals surface area contributed by atoms with E-state index in [0.717, 1.165) is 45.0 Å². The molecule has 2 aliphatic heterocycles. The summed E-state index contributed by atoms with van der Waals surface area (Å²) in [4.78, 5) is 27.4. The van der Waals surface area contributed by atoms with Crippen LogP contribution in [0.3, 0.4) is 0 Å². The van der Waals surface area contributed by atoms with Gasteiger partial charge >= 0.3 is 6.03 Å². The topological polar surface area (TPSA) is 64.6 Å². The van der Waals surface area contributed by atoms with E-state index >= 15 is 0 Å². The van der Waals surface area contributed by atoms with Crippen molar-refractivity contribution in [3.63, 3.8) is 0 Å². The highest BCUT2D eigenvalue weighted by molar-refractivity contribution is 5.74. The number of nitrogens with one attached hydrogen (secondary N) is 1. The first-order chi connectivity index (χ1) is 11.8. The number of hydrogen-bond acceptors (Lipinski definition) is 5. The summed E-state index contributed by atoms with van der Waals surface area (Å²) in [6, 6.07) is 0.531. The molecule has 1 aromatic heterocycles. The number of carbonyl (C=O) groups is 1. The fraction of sp³-hybridized carbons (Fsp3) is 0.706. The number of amides is 2. The minimum Gasteiger partial charge on any atom is -0.352 e. The third-order valence-electron chi connectivity index (χ3n) is 5.06. The number of piperazine rings is 1. The van der Waals surface area contributed by atoms with Gasteiger partial charge in [0.25, 0.3) is 0 Å². The Labute approximate surface area is 144 Å². The lowest BCUT2D eigenvalue weighted by molar-refractivity contribution is 0.183. The van der Waals surface area contributed by atoms with Crippen LogP contribution in [0.4, 0.5) is 10.6 Å². The molecule has 1 aromatic rings. The molecule has 7 nitrogen and oxygen atoms in total. The fourth-order valence-corrected chi connectivity index (χ4v) is 3.55. The molecule has 132 valence electrons. The molecule has 0 aliphatic carbocycles. The maximum atomic E-state index is 12.4. The summed E-state index contributed by atoms with van der Waals surface area (Å²) < 4.78 is 0. The maximum Gasteiger partial charge on any atom is 0.317 e. The zero-order chi connectivity index (χ0) is 16.8. The summed E-state index contributed by atoms with van der Waals surface area (Å²) in [5.41, 5.74) is 0. The minimum absolute atomic E-state index is 0.0615. The monoisotopic (exact) mass is 332 g/mol. The highest BCUT2D eigenvalue weighted by Crippen LogP contribution is 2.14. The summed E-state index contributed by atoms with van der Waals surface area (Å²) in [6.45, 7) is 8.35. The van der Waals surface area contributed by atoms with Gasteiger partial charge < -0.3 is 15.1 Å². The molecule has 3 heterocycles. The van der Waals surface area contributed by atoms with Crippen molar-refractivity contribution >= 4 is 11.8 Å². The Morgan fingerprint density at radius 3 is 2.54 bits per heavy atom.